The summed E-state index contributed by atoms with van der Waals surface area (Å²) >= 11 is 0. The molecule has 0 amide bonds. The zero-order valence-corrected chi connectivity index (χ0v) is 11.4. The van der Waals surface area contributed by atoms with Crippen molar-refractivity contribution in [1.82, 2.24) is 0 Å². The number of hydrogen-bond donors (Lipinski definition) is 0. The maximum Gasteiger partial charge on any atom is 0.198 e. The van der Waals surface area contributed by atoms with Crippen molar-refractivity contribution in [2.24, 2.45) is 0 Å². The smallest absolute Gasteiger partial charge is 0.198 e. The number of ketones is 2. The lowest BCUT2D eigenvalue weighted by Crippen LogP contribution is -2.17. The van der Waals surface area contributed by atoms with Crippen molar-refractivity contribution in [3.05, 3.63) is 60.7 Å². The highest BCUT2D eigenvalue weighted by atomic mass is 16.2. The van der Waals surface area contributed by atoms with Gasteiger partial charge in [-0.2, -0.15) is 0 Å². The molecule has 0 radical (unpaired) electrons. The van der Waals surface area contributed by atoms with Crippen molar-refractivity contribution < 1.29 is 9.59 Å². The van der Waals surface area contributed by atoms with Crippen LogP contribution in [-0.4, -0.2) is 11.6 Å². The lowest BCUT2D eigenvalue weighted by Gasteiger charge is -2.04. The van der Waals surface area contributed by atoms with Crippen LogP contribution >= 0.6 is 0 Å². The van der Waals surface area contributed by atoms with Crippen LogP contribution in [-0.2, 0) is 9.59 Å². The van der Waals surface area contributed by atoms with E-state index in [1.54, 1.807) is 0 Å². The number of carbonyl (C=O) groups is 2. The average molecular weight is 266 g/mol. The molecular formula is C18H18O2. The van der Waals surface area contributed by atoms with Gasteiger partial charge >= 0.3 is 0 Å². The van der Waals surface area contributed by atoms with Gasteiger partial charge < -0.3 is 0 Å². The van der Waals surface area contributed by atoms with E-state index in [1.165, 1.54) is 11.1 Å². The Bertz CT molecular complexity index is 505. The van der Waals surface area contributed by atoms with Gasteiger partial charge in [-0.05, 0) is 24.0 Å². The Labute approximate surface area is 119 Å². The molecule has 0 N–H and O–H groups in total. The molecule has 0 unspecified atom stereocenters. The Morgan fingerprint density at radius 2 is 0.900 bits per heavy atom. The minimum absolute atomic E-state index is 0.170. The minimum atomic E-state index is -0.170. The van der Waals surface area contributed by atoms with Crippen molar-refractivity contribution in [2.75, 3.05) is 0 Å². The van der Waals surface area contributed by atoms with E-state index in [9.17, 15) is 9.59 Å². The molecule has 1 fully saturated rings. The molecule has 20 heavy (non-hydrogen) atoms. The quantitative estimate of drug-likeness (QED) is 0.730. The molecule has 1 saturated carbocycles. The minimum Gasteiger partial charge on any atom is -0.291 e. The predicted octanol–water partition coefficient (Wildman–Crippen LogP) is 4.05. The first-order chi connectivity index (χ1) is 9.77. The Hall–Kier alpha value is -2.22. The summed E-state index contributed by atoms with van der Waals surface area (Å²) in [5, 5.41) is 0. The number of rotatable bonds is 1. The van der Waals surface area contributed by atoms with E-state index >= 15 is 0 Å². The maximum absolute atomic E-state index is 10.4. The van der Waals surface area contributed by atoms with Crippen molar-refractivity contribution in [3.8, 4) is 11.1 Å². The molecule has 3 rings (SSSR count). The van der Waals surface area contributed by atoms with Crippen LogP contribution in [0.1, 0.15) is 25.7 Å². The van der Waals surface area contributed by atoms with Crippen molar-refractivity contribution in [2.45, 2.75) is 25.7 Å². The molecule has 0 heterocycles. The fourth-order valence-corrected chi connectivity index (χ4v) is 2.11. The van der Waals surface area contributed by atoms with Gasteiger partial charge in [0.1, 0.15) is 0 Å². The van der Waals surface area contributed by atoms with Crippen LogP contribution < -0.4 is 0 Å². The molecule has 0 bridgehead atoms. The number of Topliss-reactive ketones (excluding diaryl/α,β-unsaturated/α-hetero) is 2. The van der Waals surface area contributed by atoms with Gasteiger partial charge in [0.15, 0.2) is 11.6 Å². The van der Waals surface area contributed by atoms with Gasteiger partial charge in [0, 0.05) is 12.8 Å². The molecule has 2 aromatic carbocycles. The Balaban J connectivity index is 0.000000160. The molecule has 0 atom stereocenters. The first-order valence-electron chi connectivity index (χ1n) is 6.94. The zero-order chi connectivity index (χ0) is 14.2. The monoisotopic (exact) mass is 266 g/mol. The zero-order valence-electron chi connectivity index (χ0n) is 11.4. The van der Waals surface area contributed by atoms with E-state index in [0.717, 1.165) is 12.8 Å². The van der Waals surface area contributed by atoms with Crippen LogP contribution in [0.2, 0.25) is 0 Å². The Kier molecular flexibility index (Phi) is 5.24. The van der Waals surface area contributed by atoms with Gasteiger partial charge in [0.2, 0.25) is 0 Å². The van der Waals surface area contributed by atoms with Crippen LogP contribution in [0.4, 0.5) is 0 Å². The second-order valence-corrected chi connectivity index (χ2v) is 4.79. The average Bonchev–Trinajstić information content (AvgIpc) is 2.53. The summed E-state index contributed by atoms with van der Waals surface area (Å²) in [5.74, 6) is -0.340. The standard InChI is InChI=1S/C12H10.C6H8O2/c1-3-7-11(8-4-1)12-9-5-2-6-10-12;7-5-3-1-2-4-6(5)8/h1-10H;1-4H2. The van der Waals surface area contributed by atoms with E-state index in [2.05, 4.69) is 48.5 Å². The third-order valence-electron chi connectivity index (χ3n) is 3.25. The van der Waals surface area contributed by atoms with E-state index in [4.69, 9.17) is 0 Å². The Morgan fingerprint density at radius 3 is 1.20 bits per heavy atom. The topological polar surface area (TPSA) is 34.1 Å². The fourth-order valence-electron chi connectivity index (χ4n) is 2.11. The van der Waals surface area contributed by atoms with Gasteiger partial charge in [0.25, 0.3) is 0 Å². The van der Waals surface area contributed by atoms with Crippen LogP contribution in [0.15, 0.2) is 60.7 Å². The summed E-state index contributed by atoms with van der Waals surface area (Å²) in [7, 11) is 0. The van der Waals surface area contributed by atoms with E-state index in [-0.39, 0.29) is 11.6 Å². The van der Waals surface area contributed by atoms with Crippen molar-refractivity contribution in [1.29, 1.82) is 0 Å². The molecule has 2 heteroatoms. The molecule has 0 saturated heterocycles. The van der Waals surface area contributed by atoms with Crippen LogP contribution in [0.5, 0.6) is 0 Å². The van der Waals surface area contributed by atoms with Gasteiger partial charge in [-0.3, -0.25) is 9.59 Å². The third-order valence-corrected chi connectivity index (χ3v) is 3.25. The third kappa shape index (κ3) is 4.16. The molecule has 1 aliphatic rings. The van der Waals surface area contributed by atoms with E-state index < -0.39 is 0 Å². The van der Waals surface area contributed by atoms with Crippen molar-refractivity contribution >= 4 is 11.6 Å². The highest BCUT2D eigenvalue weighted by Crippen LogP contribution is 2.17. The summed E-state index contributed by atoms with van der Waals surface area (Å²) in [6.07, 6.45) is 2.78. The number of carbonyl (C=O) groups excluding carboxylic acids is 2. The van der Waals surface area contributed by atoms with E-state index in [1.807, 2.05) is 12.1 Å². The molecule has 0 aromatic heterocycles. The highest BCUT2D eigenvalue weighted by Gasteiger charge is 2.16. The lowest BCUT2D eigenvalue weighted by molar-refractivity contribution is -0.137. The maximum atomic E-state index is 10.4. The molecule has 0 spiro atoms. The predicted molar refractivity (Wildman–Crippen MR) is 80.4 cm³/mol. The first kappa shape index (κ1) is 14.2. The van der Waals surface area contributed by atoms with Crippen LogP contribution in [0.25, 0.3) is 11.1 Å². The fraction of sp³-hybridized carbons (Fsp3) is 0.222. The normalized spacial score (nSPS) is 14.4. The first-order valence-corrected chi connectivity index (χ1v) is 6.94. The highest BCUT2D eigenvalue weighted by molar-refractivity contribution is 6.37. The van der Waals surface area contributed by atoms with Gasteiger partial charge in [0.05, 0.1) is 0 Å². The lowest BCUT2D eigenvalue weighted by atomic mass is 9.98. The SMILES string of the molecule is O=C1CCCCC1=O.c1ccc(-c2ccccc2)cc1. The van der Waals surface area contributed by atoms with E-state index in [0.29, 0.717) is 12.8 Å². The summed E-state index contributed by atoms with van der Waals surface area (Å²) in [4.78, 5) is 20.9. The largest absolute Gasteiger partial charge is 0.291 e. The molecule has 102 valence electrons. The number of hydrogen-bond acceptors (Lipinski definition) is 2. The molecular weight excluding hydrogens is 248 g/mol. The second kappa shape index (κ2) is 7.39. The molecule has 1 aliphatic carbocycles. The summed E-state index contributed by atoms with van der Waals surface area (Å²) in [6, 6.07) is 20.8. The molecule has 2 aromatic rings. The van der Waals surface area contributed by atoms with Gasteiger partial charge in [-0.15, -0.1) is 0 Å². The van der Waals surface area contributed by atoms with Crippen molar-refractivity contribution in [3.63, 3.8) is 0 Å². The summed E-state index contributed by atoms with van der Waals surface area (Å²) in [5.41, 5.74) is 2.55. The van der Waals surface area contributed by atoms with Crippen LogP contribution in [0, 0.1) is 0 Å². The number of benzene rings is 2. The second-order valence-electron chi connectivity index (χ2n) is 4.79. The van der Waals surface area contributed by atoms with Crippen LogP contribution in [0.3, 0.4) is 0 Å². The molecule has 2 nitrogen and oxygen atoms in total. The van der Waals surface area contributed by atoms with Gasteiger partial charge in [-0.1, -0.05) is 60.7 Å². The molecule has 0 aliphatic heterocycles. The van der Waals surface area contributed by atoms with Gasteiger partial charge in [-0.25, -0.2) is 0 Å². The Morgan fingerprint density at radius 1 is 0.550 bits per heavy atom. The summed E-state index contributed by atoms with van der Waals surface area (Å²) in [6.45, 7) is 0. The summed E-state index contributed by atoms with van der Waals surface area (Å²) < 4.78 is 0.